The van der Waals surface area contributed by atoms with Gasteiger partial charge >= 0.3 is 0 Å². The third kappa shape index (κ3) is 2.88. The van der Waals surface area contributed by atoms with Crippen molar-refractivity contribution in [1.82, 2.24) is 10.3 Å². The lowest BCUT2D eigenvalue weighted by molar-refractivity contribution is 0.244. The van der Waals surface area contributed by atoms with Crippen LogP contribution in [-0.2, 0) is 6.54 Å². The Kier molecular flexibility index (Phi) is 4.04. The maximum absolute atomic E-state index is 9.33. The van der Waals surface area contributed by atoms with E-state index in [0.29, 0.717) is 0 Å². The van der Waals surface area contributed by atoms with Gasteiger partial charge in [0.2, 0.25) is 0 Å². The van der Waals surface area contributed by atoms with E-state index < -0.39 is 0 Å². The quantitative estimate of drug-likeness (QED) is 0.831. The Labute approximate surface area is 98.8 Å². The third-order valence-electron chi connectivity index (χ3n) is 2.39. The second-order valence-electron chi connectivity index (χ2n) is 3.49. The van der Waals surface area contributed by atoms with E-state index in [9.17, 15) is 5.11 Å². The van der Waals surface area contributed by atoms with E-state index in [2.05, 4.69) is 10.3 Å². The maximum Gasteiger partial charge on any atom is 0.0794 e. The van der Waals surface area contributed by atoms with Crippen LogP contribution in [0, 0.1) is 0 Å². The number of hydrogen-bond acceptors (Lipinski definition) is 4. The van der Waals surface area contributed by atoms with Crippen LogP contribution in [-0.4, -0.2) is 16.7 Å². The predicted octanol–water partition coefficient (Wildman–Crippen LogP) is 1.97. The van der Waals surface area contributed by atoms with Crippen molar-refractivity contribution >= 4 is 11.3 Å². The monoisotopic (exact) mass is 234 g/mol. The maximum atomic E-state index is 9.33. The molecule has 0 bridgehead atoms. The Hall–Kier alpha value is -1.23. The highest BCUT2D eigenvalue weighted by Gasteiger charge is 2.08. The van der Waals surface area contributed by atoms with E-state index in [1.54, 1.807) is 11.3 Å². The number of thiazole rings is 1. The van der Waals surface area contributed by atoms with Crippen LogP contribution in [0.5, 0.6) is 0 Å². The Morgan fingerprint density at radius 1 is 1.31 bits per heavy atom. The number of aliphatic hydroxyl groups is 1. The second kappa shape index (κ2) is 5.75. The number of aromatic nitrogens is 1. The Morgan fingerprint density at radius 3 is 2.75 bits per heavy atom. The number of rotatable bonds is 5. The summed E-state index contributed by atoms with van der Waals surface area (Å²) in [7, 11) is 0. The molecule has 1 aromatic carbocycles. The molecular weight excluding hydrogens is 220 g/mol. The van der Waals surface area contributed by atoms with E-state index in [1.165, 1.54) is 4.88 Å². The summed E-state index contributed by atoms with van der Waals surface area (Å²) in [5, 5.41) is 12.6. The van der Waals surface area contributed by atoms with Crippen LogP contribution in [0.1, 0.15) is 16.5 Å². The first-order chi connectivity index (χ1) is 7.90. The minimum absolute atomic E-state index is 0.0108. The lowest BCUT2D eigenvalue weighted by Gasteiger charge is -2.15. The fourth-order valence-corrected chi connectivity index (χ4v) is 2.07. The third-order valence-corrected chi connectivity index (χ3v) is 3.17. The first kappa shape index (κ1) is 11.3. The summed E-state index contributed by atoms with van der Waals surface area (Å²) in [6.07, 6.45) is 1.84. The van der Waals surface area contributed by atoms with Gasteiger partial charge in [0.1, 0.15) is 0 Å². The molecule has 0 aliphatic rings. The van der Waals surface area contributed by atoms with E-state index in [1.807, 2.05) is 42.0 Å². The summed E-state index contributed by atoms with van der Waals surface area (Å²) in [4.78, 5) is 5.19. The average Bonchev–Trinajstić information content (AvgIpc) is 2.84. The van der Waals surface area contributed by atoms with Crippen LogP contribution in [0.15, 0.2) is 42.0 Å². The minimum Gasteiger partial charge on any atom is -0.394 e. The summed E-state index contributed by atoms with van der Waals surface area (Å²) in [5.74, 6) is 0. The van der Waals surface area contributed by atoms with Gasteiger partial charge in [-0.05, 0) is 5.56 Å². The van der Waals surface area contributed by atoms with Gasteiger partial charge in [0.25, 0.3) is 0 Å². The highest BCUT2D eigenvalue weighted by atomic mass is 32.1. The number of benzene rings is 1. The molecule has 2 N–H and O–H groups in total. The zero-order valence-electron chi connectivity index (χ0n) is 8.84. The second-order valence-corrected chi connectivity index (χ2v) is 4.47. The molecule has 0 spiro atoms. The molecule has 2 rings (SSSR count). The normalized spacial score (nSPS) is 12.6. The average molecular weight is 234 g/mol. The van der Waals surface area contributed by atoms with Gasteiger partial charge in [-0.15, -0.1) is 11.3 Å². The Balaban J connectivity index is 1.96. The van der Waals surface area contributed by atoms with Crippen LogP contribution in [0.25, 0.3) is 0 Å². The number of hydrogen-bond donors (Lipinski definition) is 2. The largest absolute Gasteiger partial charge is 0.394 e. The minimum atomic E-state index is -0.0108. The molecule has 0 fully saturated rings. The molecule has 0 aliphatic carbocycles. The van der Waals surface area contributed by atoms with Crippen molar-refractivity contribution < 1.29 is 5.11 Å². The lowest BCUT2D eigenvalue weighted by Crippen LogP contribution is -2.23. The van der Waals surface area contributed by atoms with E-state index >= 15 is 0 Å². The topological polar surface area (TPSA) is 45.1 Å². The predicted molar refractivity (Wildman–Crippen MR) is 65.2 cm³/mol. The molecule has 2 aromatic rings. The van der Waals surface area contributed by atoms with Gasteiger partial charge in [0.15, 0.2) is 0 Å². The molecule has 0 aliphatic heterocycles. The van der Waals surface area contributed by atoms with Gasteiger partial charge in [-0.2, -0.15) is 0 Å². The summed E-state index contributed by atoms with van der Waals surface area (Å²) in [6, 6.07) is 9.95. The Morgan fingerprint density at radius 2 is 2.12 bits per heavy atom. The summed E-state index contributed by atoms with van der Waals surface area (Å²) < 4.78 is 0. The van der Waals surface area contributed by atoms with Gasteiger partial charge in [-0.25, -0.2) is 0 Å². The van der Waals surface area contributed by atoms with Crippen molar-refractivity contribution in [2.24, 2.45) is 0 Å². The van der Waals surface area contributed by atoms with Gasteiger partial charge in [-0.3, -0.25) is 4.98 Å². The molecule has 0 unspecified atom stereocenters. The molecule has 16 heavy (non-hydrogen) atoms. The van der Waals surface area contributed by atoms with E-state index in [4.69, 9.17) is 0 Å². The molecule has 84 valence electrons. The molecule has 1 atom stereocenters. The SMILES string of the molecule is OC[C@H](NCc1cncs1)c1ccccc1. The van der Waals surface area contributed by atoms with Crippen molar-refractivity contribution in [2.45, 2.75) is 12.6 Å². The van der Waals surface area contributed by atoms with Gasteiger partial charge in [0.05, 0.1) is 18.2 Å². The van der Waals surface area contributed by atoms with Crippen LogP contribution in [0.4, 0.5) is 0 Å². The van der Waals surface area contributed by atoms with Crippen molar-refractivity contribution in [2.75, 3.05) is 6.61 Å². The molecule has 0 saturated heterocycles. The summed E-state index contributed by atoms with van der Waals surface area (Å²) in [6.45, 7) is 0.841. The van der Waals surface area contributed by atoms with E-state index in [-0.39, 0.29) is 12.6 Å². The van der Waals surface area contributed by atoms with Crippen LogP contribution < -0.4 is 5.32 Å². The number of aliphatic hydroxyl groups excluding tert-OH is 1. The van der Waals surface area contributed by atoms with Crippen LogP contribution in [0.2, 0.25) is 0 Å². The first-order valence-electron chi connectivity index (χ1n) is 5.16. The smallest absolute Gasteiger partial charge is 0.0794 e. The van der Waals surface area contributed by atoms with Gasteiger partial charge in [-0.1, -0.05) is 30.3 Å². The molecule has 0 saturated carbocycles. The van der Waals surface area contributed by atoms with Crippen molar-refractivity contribution in [1.29, 1.82) is 0 Å². The zero-order valence-corrected chi connectivity index (χ0v) is 9.65. The molecule has 1 heterocycles. The number of nitrogens with one attached hydrogen (secondary N) is 1. The summed E-state index contributed by atoms with van der Waals surface area (Å²) in [5.41, 5.74) is 2.92. The van der Waals surface area contributed by atoms with E-state index in [0.717, 1.165) is 12.1 Å². The van der Waals surface area contributed by atoms with Crippen molar-refractivity contribution in [3.8, 4) is 0 Å². The molecular formula is C12H14N2OS. The molecule has 4 heteroatoms. The molecule has 1 aromatic heterocycles. The highest BCUT2D eigenvalue weighted by molar-refractivity contribution is 7.09. The van der Waals surface area contributed by atoms with Crippen LogP contribution >= 0.6 is 11.3 Å². The fraction of sp³-hybridized carbons (Fsp3) is 0.250. The summed E-state index contributed by atoms with van der Waals surface area (Å²) >= 11 is 1.62. The Bertz CT molecular complexity index is 402. The first-order valence-corrected chi connectivity index (χ1v) is 6.04. The van der Waals surface area contributed by atoms with Crippen molar-refractivity contribution in [3.05, 3.63) is 52.5 Å². The molecule has 3 nitrogen and oxygen atoms in total. The lowest BCUT2D eigenvalue weighted by atomic mass is 10.1. The fourth-order valence-electron chi connectivity index (χ4n) is 1.53. The number of nitrogens with zero attached hydrogens (tertiary/aromatic N) is 1. The standard InChI is InChI=1S/C12H14N2OS/c15-8-12(10-4-2-1-3-5-10)14-7-11-6-13-9-16-11/h1-6,9,12,14-15H,7-8H2/t12-/m0/s1. The highest BCUT2D eigenvalue weighted by Crippen LogP contribution is 2.13. The molecule has 0 radical (unpaired) electrons. The van der Waals surface area contributed by atoms with Gasteiger partial charge in [0, 0.05) is 17.6 Å². The van der Waals surface area contributed by atoms with Gasteiger partial charge < -0.3 is 10.4 Å². The molecule has 0 amide bonds. The van der Waals surface area contributed by atoms with Crippen molar-refractivity contribution in [3.63, 3.8) is 0 Å². The zero-order chi connectivity index (χ0) is 11.2. The van der Waals surface area contributed by atoms with Crippen LogP contribution in [0.3, 0.4) is 0 Å².